The number of thiocarbonyl (C=S) groups is 1. The van der Waals surface area contributed by atoms with Gasteiger partial charge in [0.2, 0.25) is 5.91 Å². The van der Waals surface area contributed by atoms with Crippen molar-refractivity contribution in [3.8, 4) is 0 Å². The number of nitrogens with one attached hydrogen (secondary N) is 3. The molecule has 2 aliphatic heterocycles. The first-order chi connectivity index (χ1) is 31.3. The molecule has 372 valence electrons. The standard InChI is InChI=1S/C42H60N8O14S2.Gd/c1-66-21-13-31(33(51)9-10-34(52)44-32(41(63)64)4-2-3-14-50-35(53)11-12-36(50)54)45-42(65)43-29-7-5-28(6-8-29)22-30-23-48(26-39(59)60)18-17-46(24-37(55)56)15-16-47(25-38(57)58)19-20-49(30)27-40(61)62;/h5-8,11-12,30-32H,2-4,9-10,13-27H2,1H3,(H,44,52)(H,55,56)(H,57,58)(H,59,60)(H,61,62)(H,63,64)(H2,43,45,65);/t30?,31-,32-;/m0./s1. The molecule has 2 heterocycles. The Balaban J connectivity index is 0.0000154. The number of unbranched alkanes of at least 4 members (excludes halogenated alkanes) is 1. The monoisotopic (exact) mass is 1120 g/mol. The van der Waals surface area contributed by atoms with Gasteiger partial charge in [-0.3, -0.25) is 62.9 Å². The maximum Gasteiger partial charge on any atom is 0.326 e. The van der Waals surface area contributed by atoms with Gasteiger partial charge in [0.05, 0.1) is 32.2 Å². The third-order valence-corrected chi connectivity index (χ3v) is 11.7. The Labute approximate surface area is 429 Å². The molecule has 67 heavy (non-hydrogen) atoms. The summed E-state index contributed by atoms with van der Waals surface area (Å²) in [6.07, 6.45) is 5.07. The number of benzene rings is 1. The zero-order chi connectivity index (χ0) is 48.8. The van der Waals surface area contributed by atoms with E-state index < -0.39 is 72.2 Å². The summed E-state index contributed by atoms with van der Waals surface area (Å²) >= 11 is 7.05. The van der Waals surface area contributed by atoms with Crippen LogP contribution in [0.3, 0.4) is 0 Å². The van der Waals surface area contributed by atoms with Crippen molar-refractivity contribution in [2.75, 3.05) is 95.9 Å². The third-order valence-electron chi connectivity index (χ3n) is 10.8. The molecule has 1 aromatic rings. The van der Waals surface area contributed by atoms with Crippen molar-refractivity contribution in [3.63, 3.8) is 0 Å². The molecule has 22 nitrogen and oxygen atoms in total. The first kappa shape index (κ1) is 58.9. The summed E-state index contributed by atoms with van der Waals surface area (Å²) in [6.45, 7) is -0.272. The molecule has 1 aromatic carbocycles. The number of nitrogens with zero attached hydrogens (tertiary/aromatic N) is 5. The molecule has 0 aliphatic carbocycles. The fourth-order valence-corrected chi connectivity index (χ4v) is 8.16. The van der Waals surface area contributed by atoms with Gasteiger partial charge >= 0.3 is 29.8 Å². The maximum absolute atomic E-state index is 13.4. The van der Waals surface area contributed by atoms with E-state index in [2.05, 4.69) is 16.0 Å². The SMILES string of the molecule is CSCC[C@H](NC(=S)Nc1ccc(CC2CN(CC(=O)O)CCN(CC(=O)O)CCN(CC(=O)O)CCN2CC(=O)O)cc1)C(=O)CCC(=O)N[C@@H](CCCCN1C(=O)C=CC1=O)C(=O)O.[Gd]. The largest absolute Gasteiger partial charge is 0.480 e. The van der Waals surface area contributed by atoms with Gasteiger partial charge in [-0.15, -0.1) is 0 Å². The van der Waals surface area contributed by atoms with Crippen LogP contribution in [0.2, 0.25) is 0 Å². The molecule has 1 fully saturated rings. The number of thioether (sulfide) groups is 1. The Morgan fingerprint density at radius 2 is 1.24 bits per heavy atom. The number of hydrogen-bond acceptors (Lipinski definition) is 15. The van der Waals surface area contributed by atoms with Crippen LogP contribution in [0.25, 0.3) is 0 Å². The Morgan fingerprint density at radius 3 is 1.78 bits per heavy atom. The van der Waals surface area contributed by atoms with Gasteiger partial charge in [-0.05, 0) is 74.0 Å². The van der Waals surface area contributed by atoms with Crippen LogP contribution in [0.15, 0.2) is 36.4 Å². The molecular formula is C42H60GdN8O14S2. The van der Waals surface area contributed by atoms with Crippen LogP contribution in [-0.4, -0.2) is 217 Å². The zero-order valence-electron chi connectivity index (χ0n) is 37.2. The van der Waals surface area contributed by atoms with Gasteiger partial charge in [-0.25, -0.2) is 4.79 Å². The van der Waals surface area contributed by atoms with Crippen LogP contribution in [0, 0.1) is 39.9 Å². The molecule has 0 radical (unpaired) electrons. The van der Waals surface area contributed by atoms with Crippen molar-refractivity contribution in [1.82, 2.24) is 35.1 Å². The Hall–Kier alpha value is -4.21. The average Bonchev–Trinajstić information content (AvgIpc) is 3.56. The number of carbonyl (C=O) groups excluding carboxylic acids is 4. The Bertz CT molecular complexity index is 1910. The van der Waals surface area contributed by atoms with Crippen LogP contribution in [0.4, 0.5) is 5.69 Å². The predicted molar refractivity (Wildman–Crippen MR) is 245 cm³/mol. The van der Waals surface area contributed by atoms with Crippen molar-refractivity contribution < 1.29 is 109 Å². The number of carboxylic acids is 5. The van der Waals surface area contributed by atoms with E-state index in [0.29, 0.717) is 30.7 Å². The number of imide groups is 1. The van der Waals surface area contributed by atoms with Crippen LogP contribution in [-0.2, 0) is 49.6 Å². The molecular weight excluding hydrogens is 1060 g/mol. The summed E-state index contributed by atoms with van der Waals surface area (Å²) < 4.78 is 0. The number of aliphatic carboxylic acids is 5. The molecule has 3 amide bonds. The minimum Gasteiger partial charge on any atom is -0.480 e. The third kappa shape index (κ3) is 23.1. The number of hydrogen-bond donors (Lipinski definition) is 8. The molecule has 1 saturated heterocycles. The number of anilines is 1. The van der Waals surface area contributed by atoms with Crippen LogP contribution in [0.1, 0.15) is 44.1 Å². The molecule has 0 saturated carbocycles. The second-order valence-corrected chi connectivity index (χ2v) is 17.3. The van der Waals surface area contributed by atoms with Crippen molar-refractivity contribution in [3.05, 3.63) is 42.0 Å². The summed E-state index contributed by atoms with van der Waals surface area (Å²) in [5.74, 6) is -6.94. The fraction of sp³-hybridized carbons (Fsp3) is 0.571. The van der Waals surface area contributed by atoms with E-state index in [-0.39, 0.29) is 149 Å². The number of Topliss-reactive ketones (excluding diaryl/α,β-unsaturated/α-hetero) is 1. The van der Waals surface area contributed by atoms with Crippen molar-refractivity contribution in [2.24, 2.45) is 0 Å². The van der Waals surface area contributed by atoms with Gasteiger partial charge in [0.15, 0.2) is 10.9 Å². The second kappa shape index (κ2) is 31.0. The van der Waals surface area contributed by atoms with Gasteiger partial charge < -0.3 is 41.5 Å². The normalized spacial score (nSPS) is 17.6. The summed E-state index contributed by atoms with van der Waals surface area (Å²) in [5, 5.41) is 57.0. The first-order valence-electron chi connectivity index (χ1n) is 21.4. The van der Waals surface area contributed by atoms with Crippen LogP contribution < -0.4 is 16.0 Å². The molecule has 0 bridgehead atoms. The number of ketones is 1. The summed E-state index contributed by atoms with van der Waals surface area (Å²) in [4.78, 5) is 116. The van der Waals surface area contributed by atoms with E-state index in [1.54, 1.807) is 43.9 Å². The van der Waals surface area contributed by atoms with Crippen LogP contribution in [0.5, 0.6) is 0 Å². The quantitative estimate of drug-likeness (QED) is 0.0332. The van der Waals surface area contributed by atoms with Gasteiger partial charge in [0, 0.05) is 129 Å². The van der Waals surface area contributed by atoms with Gasteiger partial charge in [0.25, 0.3) is 11.8 Å². The summed E-state index contributed by atoms with van der Waals surface area (Å²) in [6, 6.07) is 4.43. The van der Waals surface area contributed by atoms with E-state index in [9.17, 15) is 68.7 Å². The maximum atomic E-state index is 13.4. The van der Waals surface area contributed by atoms with E-state index in [0.717, 1.165) is 22.6 Å². The van der Waals surface area contributed by atoms with Gasteiger partial charge in [0.1, 0.15) is 6.04 Å². The molecule has 25 heteroatoms. The molecule has 3 atom stereocenters. The molecule has 8 N–H and O–H groups in total. The van der Waals surface area contributed by atoms with E-state index in [1.807, 2.05) is 6.26 Å². The Kier molecular flexibility index (Phi) is 27.3. The molecule has 0 aromatic heterocycles. The zero-order valence-corrected chi connectivity index (χ0v) is 41.1. The van der Waals surface area contributed by atoms with E-state index >= 15 is 0 Å². The predicted octanol–water partition coefficient (Wildman–Crippen LogP) is -0.420. The average molecular weight is 1120 g/mol. The minimum absolute atomic E-state index is 0. The minimum atomic E-state index is -1.26. The number of rotatable bonds is 26. The fourth-order valence-electron chi connectivity index (χ4n) is 7.43. The number of carboxylic acid groups (broad SMARTS) is 5. The summed E-state index contributed by atoms with van der Waals surface area (Å²) in [5.41, 5.74) is 1.29. The Morgan fingerprint density at radius 1 is 0.701 bits per heavy atom. The van der Waals surface area contributed by atoms with Crippen molar-refractivity contribution in [2.45, 2.75) is 63.1 Å². The van der Waals surface area contributed by atoms with E-state index in [4.69, 9.17) is 12.2 Å². The number of carbonyl (C=O) groups is 9. The first-order valence-corrected chi connectivity index (χ1v) is 23.2. The molecule has 2 aliphatic rings. The summed E-state index contributed by atoms with van der Waals surface area (Å²) in [7, 11) is 0. The molecule has 3 rings (SSSR count). The topological polar surface area (TPSA) is 307 Å². The molecule has 0 spiro atoms. The second-order valence-electron chi connectivity index (χ2n) is 15.9. The molecule has 1 unspecified atom stereocenters. The van der Waals surface area contributed by atoms with Gasteiger partial charge in [-0.1, -0.05) is 12.1 Å². The van der Waals surface area contributed by atoms with Crippen molar-refractivity contribution in [1.29, 1.82) is 0 Å². The van der Waals surface area contributed by atoms with Crippen LogP contribution >= 0.6 is 24.0 Å². The smallest absolute Gasteiger partial charge is 0.326 e. The van der Waals surface area contributed by atoms with E-state index in [1.165, 1.54) is 11.8 Å². The van der Waals surface area contributed by atoms with Crippen molar-refractivity contribution >= 4 is 88.1 Å². The number of amides is 3. The van der Waals surface area contributed by atoms with Gasteiger partial charge in [-0.2, -0.15) is 11.8 Å².